The summed E-state index contributed by atoms with van der Waals surface area (Å²) >= 11 is 0. The number of nitrogens with two attached hydrogens (primary N) is 1. The number of aromatic nitrogens is 2. The van der Waals surface area contributed by atoms with Crippen molar-refractivity contribution in [3.05, 3.63) is 35.4 Å². The van der Waals surface area contributed by atoms with Gasteiger partial charge in [0.05, 0.1) is 5.69 Å². The van der Waals surface area contributed by atoms with Gasteiger partial charge in [-0.1, -0.05) is 0 Å². The molecule has 0 aliphatic heterocycles. The number of anilines is 1. The Morgan fingerprint density at radius 1 is 1.29 bits per heavy atom. The normalized spacial score (nSPS) is 10.5. The molecule has 17 heavy (non-hydrogen) atoms. The van der Waals surface area contributed by atoms with Gasteiger partial charge in [0.1, 0.15) is 5.82 Å². The van der Waals surface area contributed by atoms with Gasteiger partial charge in [0, 0.05) is 24.2 Å². The molecule has 0 aliphatic rings. The molecule has 2 aromatic rings. The van der Waals surface area contributed by atoms with Crippen molar-refractivity contribution in [3.63, 3.8) is 0 Å². The van der Waals surface area contributed by atoms with Crippen LogP contribution in [0.15, 0.2) is 18.2 Å². The maximum absolute atomic E-state index is 13.1. The van der Waals surface area contributed by atoms with E-state index in [1.807, 2.05) is 0 Å². The van der Waals surface area contributed by atoms with Gasteiger partial charge in [-0.15, -0.1) is 0 Å². The number of carbonyl (C=O) groups excluding carboxylic acids is 1. The molecular formula is C11H9F2N3O. The van der Waals surface area contributed by atoms with Crippen molar-refractivity contribution in [3.8, 4) is 11.3 Å². The highest BCUT2D eigenvalue weighted by Crippen LogP contribution is 2.25. The lowest BCUT2D eigenvalue weighted by Gasteiger charge is -2.02. The number of aldehydes is 1. The summed E-state index contributed by atoms with van der Waals surface area (Å²) in [5.74, 6) is -1.74. The zero-order valence-electron chi connectivity index (χ0n) is 8.95. The first-order chi connectivity index (χ1) is 8.02. The fraction of sp³-hybridized carbons (Fsp3) is 0.0909. The smallest absolute Gasteiger partial charge is 0.159 e. The average molecular weight is 237 g/mol. The van der Waals surface area contributed by atoms with Gasteiger partial charge in [0.2, 0.25) is 0 Å². The molecule has 0 bridgehead atoms. The van der Waals surface area contributed by atoms with Crippen molar-refractivity contribution in [2.24, 2.45) is 7.05 Å². The average Bonchev–Trinajstić information content (AvgIpc) is 2.62. The SMILES string of the molecule is Cn1nc(-c2cc(F)c(F)cc2C=O)cc1N. The zero-order valence-corrected chi connectivity index (χ0v) is 8.95. The highest BCUT2D eigenvalue weighted by atomic mass is 19.2. The summed E-state index contributed by atoms with van der Waals surface area (Å²) in [7, 11) is 1.61. The summed E-state index contributed by atoms with van der Waals surface area (Å²) in [6.45, 7) is 0. The molecule has 0 radical (unpaired) electrons. The Balaban J connectivity index is 2.65. The van der Waals surface area contributed by atoms with E-state index in [1.54, 1.807) is 7.05 Å². The Kier molecular flexibility index (Phi) is 2.63. The third-order valence-corrected chi connectivity index (χ3v) is 2.41. The van der Waals surface area contributed by atoms with E-state index in [0.717, 1.165) is 12.1 Å². The first kappa shape index (κ1) is 11.3. The molecule has 1 aromatic heterocycles. The lowest BCUT2D eigenvalue weighted by Crippen LogP contribution is -1.97. The predicted molar refractivity (Wildman–Crippen MR) is 58.4 cm³/mol. The second kappa shape index (κ2) is 3.97. The van der Waals surface area contributed by atoms with Crippen LogP contribution >= 0.6 is 0 Å². The first-order valence-corrected chi connectivity index (χ1v) is 4.77. The van der Waals surface area contributed by atoms with Gasteiger partial charge < -0.3 is 5.73 Å². The highest BCUT2D eigenvalue weighted by Gasteiger charge is 2.14. The quantitative estimate of drug-likeness (QED) is 0.809. The monoisotopic (exact) mass is 237 g/mol. The lowest BCUT2D eigenvalue weighted by atomic mass is 10.1. The minimum atomic E-state index is -1.07. The van der Waals surface area contributed by atoms with E-state index in [2.05, 4.69) is 5.10 Å². The molecule has 0 unspecified atom stereocenters. The van der Waals surface area contributed by atoms with Crippen molar-refractivity contribution < 1.29 is 13.6 Å². The number of nitrogen functional groups attached to an aromatic ring is 1. The second-order valence-corrected chi connectivity index (χ2v) is 3.55. The zero-order chi connectivity index (χ0) is 12.6. The van der Waals surface area contributed by atoms with Gasteiger partial charge in [0.25, 0.3) is 0 Å². The van der Waals surface area contributed by atoms with Crippen LogP contribution in [0.2, 0.25) is 0 Å². The van der Waals surface area contributed by atoms with Gasteiger partial charge in [-0.25, -0.2) is 8.78 Å². The molecular weight excluding hydrogens is 228 g/mol. The largest absolute Gasteiger partial charge is 0.384 e. The molecule has 2 N–H and O–H groups in total. The maximum Gasteiger partial charge on any atom is 0.159 e. The van der Waals surface area contributed by atoms with E-state index in [4.69, 9.17) is 5.73 Å². The predicted octanol–water partition coefficient (Wildman–Crippen LogP) is 1.76. The maximum atomic E-state index is 13.1. The van der Waals surface area contributed by atoms with Crippen LogP contribution in [0.4, 0.5) is 14.6 Å². The van der Waals surface area contributed by atoms with Crippen molar-refractivity contribution in [1.82, 2.24) is 9.78 Å². The fourth-order valence-electron chi connectivity index (χ4n) is 1.49. The second-order valence-electron chi connectivity index (χ2n) is 3.55. The summed E-state index contributed by atoms with van der Waals surface area (Å²) in [4.78, 5) is 10.8. The Hall–Kier alpha value is -2.24. The molecule has 0 aliphatic carbocycles. The highest BCUT2D eigenvalue weighted by molar-refractivity contribution is 5.87. The Labute approximate surface area is 95.7 Å². The van der Waals surface area contributed by atoms with Gasteiger partial charge >= 0.3 is 0 Å². The van der Waals surface area contributed by atoms with Gasteiger partial charge in [-0.3, -0.25) is 9.48 Å². The van der Waals surface area contributed by atoms with Gasteiger partial charge in [0.15, 0.2) is 17.9 Å². The fourth-order valence-corrected chi connectivity index (χ4v) is 1.49. The lowest BCUT2D eigenvalue weighted by molar-refractivity contribution is 0.112. The Bertz CT molecular complexity index is 573. The number of aryl methyl sites for hydroxylation is 1. The van der Waals surface area contributed by atoms with Gasteiger partial charge in [-0.05, 0) is 12.1 Å². The molecule has 1 aromatic carbocycles. The number of halogens is 2. The third kappa shape index (κ3) is 1.89. The van der Waals surface area contributed by atoms with Crippen LogP contribution in [-0.4, -0.2) is 16.1 Å². The summed E-state index contributed by atoms with van der Waals surface area (Å²) in [6.07, 6.45) is 0.447. The first-order valence-electron chi connectivity index (χ1n) is 4.77. The molecule has 4 nitrogen and oxygen atoms in total. The number of hydrogen-bond acceptors (Lipinski definition) is 3. The number of hydrogen-bond donors (Lipinski definition) is 1. The van der Waals surface area contributed by atoms with Crippen molar-refractivity contribution in [2.45, 2.75) is 0 Å². The van der Waals surface area contributed by atoms with Crippen LogP contribution in [-0.2, 0) is 7.05 Å². The van der Waals surface area contributed by atoms with E-state index < -0.39 is 11.6 Å². The molecule has 2 rings (SSSR count). The van der Waals surface area contributed by atoms with E-state index >= 15 is 0 Å². The molecule has 0 amide bonds. The van der Waals surface area contributed by atoms with Crippen LogP contribution in [0.25, 0.3) is 11.3 Å². The molecule has 1 heterocycles. The van der Waals surface area contributed by atoms with Crippen molar-refractivity contribution in [2.75, 3.05) is 5.73 Å². The molecule has 6 heteroatoms. The third-order valence-electron chi connectivity index (χ3n) is 2.41. The van der Waals surface area contributed by atoms with Gasteiger partial charge in [-0.2, -0.15) is 5.10 Å². The summed E-state index contributed by atoms with van der Waals surface area (Å²) in [6, 6.07) is 3.25. The van der Waals surface area contributed by atoms with E-state index in [1.165, 1.54) is 10.7 Å². The number of nitrogens with zero attached hydrogens (tertiary/aromatic N) is 2. The standard InChI is InChI=1S/C11H9F2N3O/c1-16-11(14)4-10(15-16)7-3-9(13)8(12)2-6(7)5-17/h2-5H,14H2,1H3. The van der Waals surface area contributed by atoms with E-state index in [9.17, 15) is 13.6 Å². The number of benzene rings is 1. The molecule has 0 saturated heterocycles. The molecule has 88 valence electrons. The van der Waals surface area contributed by atoms with E-state index in [-0.39, 0.29) is 11.1 Å². The topological polar surface area (TPSA) is 60.9 Å². The molecule has 0 atom stereocenters. The van der Waals surface area contributed by atoms with Crippen LogP contribution in [0.5, 0.6) is 0 Å². The van der Waals surface area contributed by atoms with Crippen molar-refractivity contribution in [1.29, 1.82) is 0 Å². The Morgan fingerprint density at radius 2 is 1.94 bits per heavy atom. The molecule has 0 spiro atoms. The van der Waals surface area contributed by atoms with Crippen LogP contribution in [0.1, 0.15) is 10.4 Å². The number of rotatable bonds is 2. The van der Waals surface area contributed by atoms with Crippen LogP contribution < -0.4 is 5.73 Å². The minimum Gasteiger partial charge on any atom is -0.384 e. The molecule has 0 fully saturated rings. The van der Waals surface area contributed by atoms with Crippen molar-refractivity contribution >= 4 is 12.1 Å². The number of carbonyl (C=O) groups is 1. The summed E-state index contributed by atoms with van der Waals surface area (Å²) in [5, 5.41) is 4.00. The van der Waals surface area contributed by atoms with E-state index in [0.29, 0.717) is 17.8 Å². The van der Waals surface area contributed by atoms with Crippen LogP contribution in [0.3, 0.4) is 0 Å². The summed E-state index contributed by atoms with van der Waals surface area (Å²) in [5.41, 5.74) is 6.15. The van der Waals surface area contributed by atoms with Crippen LogP contribution in [0, 0.1) is 11.6 Å². The minimum absolute atomic E-state index is 0.0296. The molecule has 0 saturated carbocycles. The Morgan fingerprint density at radius 3 is 2.47 bits per heavy atom. The summed E-state index contributed by atoms with van der Waals surface area (Å²) < 4.78 is 27.5.